The zero-order chi connectivity index (χ0) is 13.1. The predicted octanol–water partition coefficient (Wildman–Crippen LogP) is 2.41. The summed E-state index contributed by atoms with van der Waals surface area (Å²) in [4.78, 5) is 14.5. The third-order valence-corrected chi connectivity index (χ3v) is 4.60. The summed E-state index contributed by atoms with van der Waals surface area (Å²) in [6, 6.07) is 1.18. The number of nitrogens with one attached hydrogen (secondary N) is 1. The molecule has 2 rings (SSSR count). The van der Waals surface area contributed by atoms with Gasteiger partial charge < -0.3 is 5.32 Å². The average Bonchev–Trinajstić information content (AvgIpc) is 2.26. The first-order valence-corrected chi connectivity index (χ1v) is 7.64. The van der Waals surface area contributed by atoms with Gasteiger partial charge in [0.2, 0.25) is 5.91 Å². The van der Waals surface area contributed by atoms with Gasteiger partial charge in [0.05, 0.1) is 0 Å². The number of likely N-dealkylation sites (tertiary alicyclic amines) is 1. The molecule has 0 aromatic rings. The third kappa shape index (κ3) is 3.25. The van der Waals surface area contributed by atoms with Gasteiger partial charge >= 0.3 is 0 Å². The molecule has 0 radical (unpaired) electrons. The van der Waals surface area contributed by atoms with Gasteiger partial charge in [-0.3, -0.25) is 9.69 Å². The number of hydrogen-bond acceptors (Lipinski definition) is 2. The predicted molar refractivity (Wildman–Crippen MR) is 74.4 cm³/mol. The second-order valence-electron chi connectivity index (χ2n) is 6.41. The fourth-order valence-electron chi connectivity index (χ4n) is 3.06. The lowest BCUT2D eigenvalue weighted by Gasteiger charge is -2.45. The SMILES string of the molecule is CCC1CC(NC(=O)C(C)C)CN(C2CCC2)C1. The van der Waals surface area contributed by atoms with Crippen molar-refractivity contribution in [2.24, 2.45) is 11.8 Å². The van der Waals surface area contributed by atoms with E-state index in [2.05, 4.69) is 17.1 Å². The smallest absolute Gasteiger partial charge is 0.222 e. The first kappa shape index (κ1) is 13.9. The van der Waals surface area contributed by atoms with Gasteiger partial charge in [0.1, 0.15) is 0 Å². The van der Waals surface area contributed by atoms with Crippen LogP contribution in [0.15, 0.2) is 0 Å². The second kappa shape index (κ2) is 6.05. The molecule has 2 fully saturated rings. The number of carbonyl (C=O) groups excluding carboxylic acids is 1. The number of nitrogens with zero attached hydrogens (tertiary/aromatic N) is 1. The Labute approximate surface area is 111 Å². The lowest BCUT2D eigenvalue weighted by molar-refractivity contribution is -0.125. The van der Waals surface area contributed by atoms with Crippen molar-refractivity contribution in [2.45, 2.75) is 65.0 Å². The van der Waals surface area contributed by atoms with E-state index < -0.39 is 0 Å². The molecule has 3 nitrogen and oxygen atoms in total. The first-order chi connectivity index (χ1) is 8.60. The van der Waals surface area contributed by atoms with Crippen molar-refractivity contribution in [3.8, 4) is 0 Å². The van der Waals surface area contributed by atoms with Crippen LogP contribution in [0.2, 0.25) is 0 Å². The monoisotopic (exact) mass is 252 g/mol. The largest absolute Gasteiger partial charge is 0.352 e. The minimum absolute atomic E-state index is 0.101. The van der Waals surface area contributed by atoms with Crippen LogP contribution in [0.1, 0.15) is 52.9 Å². The van der Waals surface area contributed by atoms with Gasteiger partial charge in [-0.25, -0.2) is 0 Å². The minimum atomic E-state index is 0.101. The standard InChI is InChI=1S/C15H28N2O/c1-4-12-8-13(16-15(18)11(2)3)10-17(9-12)14-6-5-7-14/h11-14H,4-10H2,1-3H3,(H,16,18). The van der Waals surface area contributed by atoms with Crippen molar-refractivity contribution in [1.29, 1.82) is 0 Å². The molecule has 1 amide bonds. The number of rotatable bonds is 4. The highest BCUT2D eigenvalue weighted by Gasteiger charge is 2.33. The Morgan fingerprint density at radius 2 is 2.06 bits per heavy atom. The van der Waals surface area contributed by atoms with Crippen LogP contribution in [0.4, 0.5) is 0 Å². The summed E-state index contributed by atoms with van der Waals surface area (Å²) in [7, 11) is 0. The van der Waals surface area contributed by atoms with E-state index in [0.29, 0.717) is 6.04 Å². The fraction of sp³-hybridized carbons (Fsp3) is 0.933. The molecule has 0 aromatic carbocycles. The van der Waals surface area contributed by atoms with Gasteiger partial charge in [0, 0.05) is 31.1 Å². The Bertz CT molecular complexity index is 286. The zero-order valence-electron chi connectivity index (χ0n) is 12.1. The van der Waals surface area contributed by atoms with Crippen LogP contribution in [0.25, 0.3) is 0 Å². The van der Waals surface area contributed by atoms with Crippen molar-refractivity contribution in [2.75, 3.05) is 13.1 Å². The maximum absolute atomic E-state index is 11.8. The van der Waals surface area contributed by atoms with Crippen LogP contribution in [-0.2, 0) is 4.79 Å². The normalized spacial score (nSPS) is 30.2. The zero-order valence-corrected chi connectivity index (χ0v) is 12.1. The maximum Gasteiger partial charge on any atom is 0.222 e. The molecule has 1 aliphatic heterocycles. The molecule has 3 heteroatoms. The Balaban J connectivity index is 1.90. The van der Waals surface area contributed by atoms with E-state index in [9.17, 15) is 4.79 Å². The average molecular weight is 252 g/mol. The van der Waals surface area contributed by atoms with Crippen LogP contribution in [0.5, 0.6) is 0 Å². The van der Waals surface area contributed by atoms with Gasteiger partial charge in [0.25, 0.3) is 0 Å². The molecule has 1 heterocycles. The molecule has 2 atom stereocenters. The van der Waals surface area contributed by atoms with Crippen LogP contribution in [-0.4, -0.2) is 36.0 Å². The minimum Gasteiger partial charge on any atom is -0.352 e. The van der Waals surface area contributed by atoms with Crippen molar-refractivity contribution >= 4 is 5.91 Å². The van der Waals surface area contributed by atoms with Crippen LogP contribution in [0.3, 0.4) is 0 Å². The molecule has 104 valence electrons. The molecule has 18 heavy (non-hydrogen) atoms. The Kier molecular flexibility index (Phi) is 4.66. The topological polar surface area (TPSA) is 32.3 Å². The maximum atomic E-state index is 11.8. The van der Waals surface area contributed by atoms with Gasteiger partial charge in [0.15, 0.2) is 0 Å². The highest BCUT2D eigenvalue weighted by atomic mass is 16.1. The van der Waals surface area contributed by atoms with E-state index in [1.807, 2.05) is 13.8 Å². The first-order valence-electron chi connectivity index (χ1n) is 7.64. The molecular formula is C15H28N2O. The second-order valence-corrected chi connectivity index (χ2v) is 6.41. The quantitative estimate of drug-likeness (QED) is 0.833. The molecule has 1 saturated heterocycles. The molecule has 0 spiro atoms. The van der Waals surface area contributed by atoms with Gasteiger partial charge in [-0.05, 0) is 25.2 Å². The Morgan fingerprint density at radius 1 is 1.33 bits per heavy atom. The van der Waals surface area contributed by atoms with Crippen molar-refractivity contribution in [3.63, 3.8) is 0 Å². The lowest BCUT2D eigenvalue weighted by Crippen LogP contribution is -2.55. The highest BCUT2D eigenvalue weighted by molar-refractivity contribution is 5.78. The van der Waals surface area contributed by atoms with Gasteiger partial charge in [-0.15, -0.1) is 0 Å². The van der Waals surface area contributed by atoms with E-state index in [1.165, 1.54) is 32.2 Å². The summed E-state index contributed by atoms with van der Waals surface area (Å²) < 4.78 is 0. The summed E-state index contributed by atoms with van der Waals surface area (Å²) in [5, 5.41) is 3.24. The van der Waals surface area contributed by atoms with Crippen LogP contribution in [0, 0.1) is 11.8 Å². The Hall–Kier alpha value is -0.570. The molecule has 0 bridgehead atoms. The number of piperidine rings is 1. The van der Waals surface area contributed by atoms with Gasteiger partial charge in [-0.1, -0.05) is 33.6 Å². The van der Waals surface area contributed by atoms with E-state index in [0.717, 1.165) is 24.9 Å². The number of hydrogen-bond donors (Lipinski definition) is 1. The molecule has 2 aliphatic rings. The van der Waals surface area contributed by atoms with Crippen molar-refractivity contribution < 1.29 is 4.79 Å². The summed E-state index contributed by atoms with van der Waals surface area (Å²) in [5.74, 6) is 1.08. The van der Waals surface area contributed by atoms with E-state index in [1.54, 1.807) is 0 Å². The van der Waals surface area contributed by atoms with Crippen molar-refractivity contribution in [3.05, 3.63) is 0 Å². The van der Waals surface area contributed by atoms with Gasteiger partial charge in [-0.2, -0.15) is 0 Å². The Morgan fingerprint density at radius 3 is 2.56 bits per heavy atom. The molecule has 1 N–H and O–H groups in total. The summed E-state index contributed by atoms with van der Waals surface area (Å²) in [5.41, 5.74) is 0. The third-order valence-electron chi connectivity index (χ3n) is 4.60. The molecular weight excluding hydrogens is 224 g/mol. The molecule has 1 aliphatic carbocycles. The summed E-state index contributed by atoms with van der Waals surface area (Å²) in [6.07, 6.45) is 6.51. The lowest BCUT2D eigenvalue weighted by atomic mass is 9.85. The van der Waals surface area contributed by atoms with E-state index in [-0.39, 0.29) is 11.8 Å². The number of amides is 1. The van der Waals surface area contributed by atoms with E-state index >= 15 is 0 Å². The summed E-state index contributed by atoms with van der Waals surface area (Å²) >= 11 is 0. The fourth-order valence-corrected chi connectivity index (χ4v) is 3.06. The summed E-state index contributed by atoms with van der Waals surface area (Å²) in [6.45, 7) is 8.53. The van der Waals surface area contributed by atoms with E-state index in [4.69, 9.17) is 0 Å². The molecule has 0 aromatic heterocycles. The molecule has 2 unspecified atom stereocenters. The van der Waals surface area contributed by atoms with Crippen LogP contribution >= 0.6 is 0 Å². The van der Waals surface area contributed by atoms with Crippen LogP contribution < -0.4 is 5.32 Å². The number of carbonyl (C=O) groups is 1. The van der Waals surface area contributed by atoms with Crippen molar-refractivity contribution in [1.82, 2.24) is 10.2 Å². The molecule has 1 saturated carbocycles. The highest BCUT2D eigenvalue weighted by Crippen LogP contribution is 2.30.